The Labute approximate surface area is 165 Å². The molecule has 1 aromatic heterocycles. The van der Waals surface area contributed by atoms with Crippen molar-refractivity contribution in [3.63, 3.8) is 0 Å². The zero-order valence-electron chi connectivity index (χ0n) is 14.5. The molecule has 10 heteroatoms. The van der Waals surface area contributed by atoms with E-state index in [0.717, 1.165) is 23.5 Å². The van der Waals surface area contributed by atoms with Crippen molar-refractivity contribution >= 4 is 39.0 Å². The second kappa shape index (κ2) is 6.96. The van der Waals surface area contributed by atoms with Gasteiger partial charge in [0, 0.05) is 5.56 Å². The summed E-state index contributed by atoms with van der Waals surface area (Å²) in [6, 6.07) is 9.00. The van der Waals surface area contributed by atoms with E-state index >= 15 is 0 Å². The van der Waals surface area contributed by atoms with Gasteiger partial charge in [-0.1, -0.05) is 24.3 Å². The maximum atomic E-state index is 13.0. The molecule has 0 aliphatic carbocycles. The predicted molar refractivity (Wildman–Crippen MR) is 100 cm³/mol. The lowest BCUT2D eigenvalue weighted by molar-refractivity contribution is -0.137. The topological polar surface area (TPSA) is 91.6 Å². The fourth-order valence-corrected chi connectivity index (χ4v) is 4.01. The molecule has 1 aliphatic rings. The lowest BCUT2D eigenvalue weighted by Crippen LogP contribution is -2.32. The van der Waals surface area contributed by atoms with Crippen molar-refractivity contribution < 1.29 is 27.9 Å². The summed E-state index contributed by atoms with van der Waals surface area (Å²) in [6.07, 6.45) is -4.81. The summed E-state index contributed by atoms with van der Waals surface area (Å²) in [4.78, 5) is 28.2. The van der Waals surface area contributed by atoms with Crippen LogP contribution in [-0.2, 0) is 11.0 Å². The Bertz CT molecular complexity index is 1170. The van der Waals surface area contributed by atoms with Gasteiger partial charge in [-0.25, -0.2) is 4.98 Å². The molecule has 0 bridgehead atoms. The third-order valence-corrected chi connectivity index (χ3v) is 5.47. The van der Waals surface area contributed by atoms with Crippen molar-refractivity contribution in [1.82, 2.24) is 10.4 Å². The number of hydrogen-bond donors (Lipinski definition) is 2. The fraction of sp³-hybridized carbons (Fsp3) is 0.158. The number of halogens is 3. The molecule has 148 valence electrons. The van der Waals surface area contributed by atoms with Gasteiger partial charge in [-0.05, 0) is 23.8 Å². The van der Waals surface area contributed by atoms with Gasteiger partial charge in [0.15, 0.2) is 5.01 Å². The van der Waals surface area contributed by atoms with E-state index in [-0.39, 0.29) is 22.7 Å². The molecule has 0 spiro atoms. The van der Waals surface area contributed by atoms with Gasteiger partial charge in [0.2, 0.25) is 5.78 Å². The number of aromatic nitrogens is 1. The summed E-state index contributed by atoms with van der Waals surface area (Å²) in [5.41, 5.74) is 3.29. The van der Waals surface area contributed by atoms with Crippen LogP contribution in [0.2, 0.25) is 0 Å². The summed E-state index contributed by atoms with van der Waals surface area (Å²) in [5, 5.41) is 13.1. The molecular formula is C19H12F3N3O3S. The van der Waals surface area contributed by atoms with Crippen molar-refractivity contribution in [2.75, 3.05) is 0 Å². The van der Waals surface area contributed by atoms with E-state index in [1.54, 1.807) is 24.3 Å². The smallest absolute Gasteiger partial charge is 0.416 e. The van der Waals surface area contributed by atoms with Crippen LogP contribution in [0.3, 0.4) is 0 Å². The summed E-state index contributed by atoms with van der Waals surface area (Å²) in [6.45, 7) is 0. The minimum atomic E-state index is -4.50. The van der Waals surface area contributed by atoms with E-state index in [0.29, 0.717) is 15.8 Å². The Morgan fingerprint density at radius 1 is 1.17 bits per heavy atom. The van der Waals surface area contributed by atoms with Crippen LogP contribution < -0.4 is 5.43 Å². The normalized spacial score (nSPS) is 16.1. The number of carboxylic acid groups (broad SMARTS) is 1. The zero-order valence-corrected chi connectivity index (χ0v) is 15.3. The van der Waals surface area contributed by atoms with Crippen LogP contribution in [0.25, 0.3) is 10.2 Å². The zero-order chi connectivity index (χ0) is 20.8. The Kier molecular flexibility index (Phi) is 4.58. The highest BCUT2D eigenvalue weighted by Gasteiger charge is 2.33. The number of ketones is 1. The quantitative estimate of drug-likeness (QED) is 0.624. The number of benzene rings is 2. The van der Waals surface area contributed by atoms with Crippen molar-refractivity contribution in [3.05, 3.63) is 64.2 Å². The number of hydrogen-bond acceptors (Lipinski definition) is 6. The Balaban J connectivity index is 1.70. The minimum absolute atomic E-state index is 0.0449. The van der Waals surface area contributed by atoms with Gasteiger partial charge in [0.05, 0.1) is 27.9 Å². The molecule has 0 fully saturated rings. The van der Waals surface area contributed by atoms with Gasteiger partial charge in [-0.15, -0.1) is 11.3 Å². The molecule has 3 aromatic rings. The van der Waals surface area contributed by atoms with E-state index in [1.165, 1.54) is 6.07 Å². The summed E-state index contributed by atoms with van der Waals surface area (Å²) >= 11 is 0.994. The van der Waals surface area contributed by atoms with Crippen LogP contribution >= 0.6 is 11.3 Å². The number of alkyl halides is 3. The van der Waals surface area contributed by atoms with Crippen LogP contribution in [0.4, 0.5) is 13.2 Å². The summed E-state index contributed by atoms with van der Waals surface area (Å²) < 4.78 is 39.2. The van der Waals surface area contributed by atoms with E-state index in [1.807, 2.05) is 0 Å². The van der Waals surface area contributed by atoms with Crippen molar-refractivity contribution in [2.45, 2.75) is 18.6 Å². The van der Waals surface area contributed by atoms with Gasteiger partial charge >= 0.3 is 12.1 Å². The Morgan fingerprint density at radius 2 is 1.93 bits per heavy atom. The predicted octanol–water partition coefficient (Wildman–Crippen LogP) is 4.02. The molecular weight excluding hydrogens is 407 g/mol. The molecule has 1 atom stereocenters. The van der Waals surface area contributed by atoms with Crippen LogP contribution in [0.15, 0.2) is 47.6 Å². The molecule has 4 rings (SSSR count). The molecule has 0 amide bonds. The second-order valence-corrected chi connectivity index (χ2v) is 7.37. The van der Waals surface area contributed by atoms with Crippen molar-refractivity contribution in [3.8, 4) is 0 Å². The number of rotatable bonds is 4. The molecule has 1 aliphatic heterocycles. The molecule has 1 unspecified atom stereocenters. The average molecular weight is 419 g/mol. The van der Waals surface area contributed by atoms with Crippen LogP contribution in [0, 0.1) is 0 Å². The van der Waals surface area contributed by atoms with Crippen LogP contribution in [0.5, 0.6) is 0 Å². The van der Waals surface area contributed by atoms with E-state index < -0.39 is 29.5 Å². The number of fused-ring (bicyclic) bond motifs is 2. The number of aliphatic carboxylic acids is 1. The van der Waals surface area contributed by atoms with E-state index in [2.05, 4.69) is 15.5 Å². The fourth-order valence-electron chi connectivity index (χ4n) is 3.09. The molecule has 0 radical (unpaired) electrons. The third-order valence-electron chi connectivity index (χ3n) is 4.42. The average Bonchev–Trinajstić information content (AvgIpc) is 3.10. The minimum Gasteiger partial charge on any atom is -0.481 e. The van der Waals surface area contributed by atoms with Gasteiger partial charge in [-0.3, -0.25) is 15.0 Å². The van der Waals surface area contributed by atoms with Gasteiger partial charge in [0.1, 0.15) is 6.04 Å². The molecule has 0 saturated heterocycles. The molecule has 29 heavy (non-hydrogen) atoms. The maximum Gasteiger partial charge on any atom is 0.416 e. The molecule has 2 N–H and O–H groups in total. The van der Waals surface area contributed by atoms with Crippen LogP contribution in [0.1, 0.15) is 39.0 Å². The summed E-state index contributed by atoms with van der Waals surface area (Å²) in [5.74, 6) is -1.51. The maximum absolute atomic E-state index is 13.0. The summed E-state index contributed by atoms with van der Waals surface area (Å²) in [7, 11) is 0. The molecule has 2 aromatic carbocycles. The first-order valence-corrected chi connectivity index (χ1v) is 9.21. The lowest BCUT2D eigenvalue weighted by Gasteiger charge is -2.24. The monoisotopic (exact) mass is 419 g/mol. The largest absolute Gasteiger partial charge is 0.481 e. The highest BCUT2D eigenvalue weighted by molar-refractivity contribution is 7.20. The first kappa shape index (κ1) is 19.1. The first-order chi connectivity index (χ1) is 13.7. The number of thiazole rings is 1. The lowest BCUT2D eigenvalue weighted by atomic mass is 9.92. The first-order valence-electron chi connectivity index (χ1n) is 8.39. The molecule has 2 heterocycles. The number of carboxylic acids is 1. The van der Waals surface area contributed by atoms with Crippen molar-refractivity contribution in [2.24, 2.45) is 5.10 Å². The second-order valence-electron chi connectivity index (χ2n) is 6.34. The number of carbonyl (C=O) groups excluding carboxylic acids is 1. The van der Waals surface area contributed by atoms with Gasteiger partial charge < -0.3 is 5.11 Å². The number of nitrogens with one attached hydrogen (secondary N) is 1. The number of Topliss-reactive ketones (excluding diaryl/α,β-unsaturated/α-hetero) is 1. The SMILES string of the molecule is O=C(O)CC1=NNC(C(=O)c2nc3cc(C(F)(F)F)ccc3s2)c2ccccc21. The number of carbonyl (C=O) groups is 2. The van der Waals surface area contributed by atoms with Crippen molar-refractivity contribution in [1.29, 1.82) is 0 Å². The third kappa shape index (κ3) is 3.58. The van der Waals surface area contributed by atoms with Gasteiger partial charge in [-0.2, -0.15) is 18.3 Å². The Hall–Kier alpha value is -3.27. The molecule has 6 nitrogen and oxygen atoms in total. The number of hydrazone groups is 1. The molecule has 0 saturated carbocycles. The highest BCUT2D eigenvalue weighted by Crippen LogP contribution is 2.34. The highest BCUT2D eigenvalue weighted by atomic mass is 32.1. The van der Waals surface area contributed by atoms with E-state index in [9.17, 15) is 22.8 Å². The Morgan fingerprint density at radius 3 is 2.66 bits per heavy atom. The van der Waals surface area contributed by atoms with E-state index in [4.69, 9.17) is 5.11 Å². The van der Waals surface area contributed by atoms with Gasteiger partial charge in [0.25, 0.3) is 0 Å². The number of nitrogens with zero attached hydrogens (tertiary/aromatic N) is 2. The standard InChI is InChI=1S/C19H12F3N3O3S/c20-19(21,22)9-5-6-14-13(7-9)23-18(29-14)17(28)16-11-4-2-1-3-10(11)12(24-25-16)8-15(26)27/h1-7,16,25H,8H2,(H,26,27). The van der Waals surface area contributed by atoms with Crippen LogP contribution in [-0.4, -0.2) is 27.6 Å².